The van der Waals surface area contributed by atoms with Gasteiger partial charge >= 0.3 is 0 Å². The smallest absolute Gasteiger partial charge is 0.0822 e. The van der Waals surface area contributed by atoms with E-state index in [1.807, 2.05) is 20.2 Å². The minimum absolute atomic E-state index is 0.554. The molecule has 17 heavy (non-hydrogen) atoms. The van der Waals surface area contributed by atoms with Gasteiger partial charge in [0.25, 0.3) is 0 Å². The van der Waals surface area contributed by atoms with E-state index in [2.05, 4.69) is 23.3 Å². The molecule has 0 aromatic heterocycles. The first-order valence-electron chi connectivity index (χ1n) is 6.84. The van der Waals surface area contributed by atoms with E-state index in [0.717, 1.165) is 0 Å². The number of aliphatic imine (C=N–C) groups is 1. The summed E-state index contributed by atoms with van der Waals surface area (Å²) in [5.74, 6) is 1.25. The first kappa shape index (κ1) is 16.0. The number of allylic oxidation sites excluding steroid dienone is 1. The summed E-state index contributed by atoms with van der Waals surface area (Å²) in [5.41, 5.74) is 5.45. The van der Waals surface area contributed by atoms with Crippen LogP contribution in [0.25, 0.3) is 0 Å². The summed E-state index contributed by atoms with van der Waals surface area (Å²) < 4.78 is 0. The molecule has 0 aromatic rings. The van der Waals surface area contributed by atoms with Crippen LogP contribution in [0.2, 0.25) is 0 Å². The number of rotatable bonds is 4. The van der Waals surface area contributed by atoms with Crippen molar-refractivity contribution in [3.63, 3.8) is 0 Å². The van der Waals surface area contributed by atoms with E-state index in [1.54, 1.807) is 13.2 Å². The Hall–Kier alpha value is -0.990. The molecule has 1 aliphatic rings. The Kier molecular flexibility index (Phi) is 9.59. The summed E-state index contributed by atoms with van der Waals surface area (Å²) in [5, 5.41) is 3.39. The van der Waals surface area contributed by atoms with Crippen molar-refractivity contribution >= 4 is 6.34 Å². The van der Waals surface area contributed by atoms with Crippen LogP contribution < -0.4 is 11.1 Å². The molecule has 0 radical (unpaired) electrons. The molecule has 3 heteroatoms. The van der Waals surface area contributed by atoms with Crippen LogP contribution in [0.5, 0.6) is 0 Å². The van der Waals surface area contributed by atoms with Gasteiger partial charge in [-0.1, -0.05) is 39.7 Å². The number of nitrogens with two attached hydrogens (primary N) is 1. The van der Waals surface area contributed by atoms with Crippen molar-refractivity contribution < 1.29 is 0 Å². The van der Waals surface area contributed by atoms with Gasteiger partial charge in [-0.05, 0) is 30.9 Å². The normalized spacial score (nSPS) is 26.6. The average Bonchev–Trinajstić information content (AvgIpc) is 2.39. The zero-order valence-corrected chi connectivity index (χ0v) is 11.8. The van der Waals surface area contributed by atoms with Crippen LogP contribution in [0.3, 0.4) is 0 Å². The highest BCUT2D eigenvalue weighted by molar-refractivity contribution is 5.54. The van der Waals surface area contributed by atoms with Crippen LogP contribution in [-0.2, 0) is 0 Å². The number of hydrogen-bond acceptors (Lipinski definition) is 2. The van der Waals surface area contributed by atoms with Crippen molar-refractivity contribution in [2.45, 2.75) is 52.5 Å². The Morgan fingerprint density at radius 1 is 1.29 bits per heavy atom. The van der Waals surface area contributed by atoms with Crippen LogP contribution in [0.15, 0.2) is 17.3 Å². The van der Waals surface area contributed by atoms with Gasteiger partial charge in [-0.2, -0.15) is 0 Å². The first-order chi connectivity index (χ1) is 8.29. The molecular weight excluding hydrogens is 210 g/mol. The molecule has 1 saturated carbocycles. The Morgan fingerprint density at radius 3 is 2.53 bits per heavy atom. The summed E-state index contributed by atoms with van der Waals surface area (Å²) in [7, 11) is 1.80. The van der Waals surface area contributed by atoms with E-state index in [0.29, 0.717) is 17.9 Å². The van der Waals surface area contributed by atoms with Crippen molar-refractivity contribution in [3.8, 4) is 0 Å². The van der Waals surface area contributed by atoms with Gasteiger partial charge in [0.1, 0.15) is 0 Å². The summed E-state index contributed by atoms with van der Waals surface area (Å²) in [6.07, 6.45) is 10.8. The number of nitrogens with one attached hydrogen (secondary N) is 1. The monoisotopic (exact) mass is 239 g/mol. The van der Waals surface area contributed by atoms with Gasteiger partial charge < -0.3 is 11.1 Å². The molecule has 100 valence electrons. The molecule has 0 amide bonds. The fourth-order valence-electron chi connectivity index (χ4n) is 2.48. The van der Waals surface area contributed by atoms with E-state index >= 15 is 0 Å². The van der Waals surface area contributed by atoms with E-state index in [-0.39, 0.29) is 0 Å². The molecule has 3 atom stereocenters. The number of nitrogens with zero attached hydrogens (tertiary/aromatic N) is 1. The molecule has 1 rings (SSSR count). The highest BCUT2D eigenvalue weighted by atomic mass is 15.0. The van der Waals surface area contributed by atoms with Gasteiger partial charge in [-0.25, -0.2) is 0 Å². The van der Waals surface area contributed by atoms with E-state index in [9.17, 15) is 0 Å². The molecule has 0 spiro atoms. The molecule has 1 unspecified atom stereocenters. The lowest BCUT2D eigenvalue weighted by Crippen LogP contribution is -2.40. The van der Waals surface area contributed by atoms with Crippen LogP contribution in [0.4, 0.5) is 0 Å². The summed E-state index contributed by atoms with van der Waals surface area (Å²) in [4.78, 5) is 3.99. The highest BCUT2D eigenvalue weighted by Gasteiger charge is 2.27. The SMILES string of the molecule is CC.CN=CN[C@@H]1CCCC[C@H]1C(C)/C=C/N. The Bertz CT molecular complexity index is 224. The van der Waals surface area contributed by atoms with Gasteiger partial charge in [0.2, 0.25) is 0 Å². The summed E-state index contributed by atoms with van der Waals surface area (Å²) >= 11 is 0. The molecule has 3 N–H and O–H groups in total. The molecule has 0 aromatic carbocycles. The van der Waals surface area contributed by atoms with E-state index < -0.39 is 0 Å². The van der Waals surface area contributed by atoms with E-state index in [1.165, 1.54) is 25.7 Å². The van der Waals surface area contributed by atoms with Crippen molar-refractivity contribution in [2.24, 2.45) is 22.6 Å². The maximum absolute atomic E-state index is 5.45. The average molecular weight is 239 g/mol. The van der Waals surface area contributed by atoms with Gasteiger partial charge in [-0.3, -0.25) is 4.99 Å². The quantitative estimate of drug-likeness (QED) is 0.585. The van der Waals surface area contributed by atoms with Crippen molar-refractivity contribution in [3.05, 3.63) is 12.3 Å². The lowest BCUT2D eigenvalue weighted by Gasteiger charge is -2.34. The van der Waals surface area contributed by atoms with Crippen molar-refractivity contribution in [1.29, 1.82) is 0 Å². The molecule has 1 aliphatic carbocycles. The lowest BCUT2D eigenvalue weighted by molar-refractivity contribution is 0.241. The Balaban J connectivity index is 0.00000121. The first-order valence-corrected chi connectivity index (χ1v) is 6.84. The topological polar surface area (TPSA) is 50.4 Å². The third-order valence-corrected chi connectivity index (χ3v) is 3.33. The molecule has 0 saturated heterocycles. The van der Waals surface area contributed by atoms with Gasteiger partial charge in [0.05, 0.1) is 6.34 Å². The van der Waals surface area contributed by atoms with Crippen molar-refractivity contribution in [1.82, 2.24) is 5.32 Å². The molecule has 0 bridgehead atoms. The third kappa shape index (κ3) is 5.76. The highest BCUT2D eigenvalue weighted by Crippen LogP contribution is 2.30. The largest absolute Gasteiger partial charge is 0.405 e. The van der Waals surface area contributed by atoms with E-state index in [4.69, 9.17) is 5.73 Å². The molecule has 0 aliphatic heterocycles. The Morgan fingerprint density at radius 2 is 1.94 bits per heavy atom. The maximum Gasteiger partial charge on any atom is 0.0822 e. The van der Waals surface area contributed by atoms with Crippen molar-refractivity contribution in [2.75, 3.05) is 7.05 Å². The predicted octanol–water partition coefficient (Wildman–Crippen LogP) is 2.93. The van der Waals surface area contributed by atoms with Gasteiger partial charge in [0.15, 0.2) is 0 Å². The lowest BCUT2D eigenvalue weighted by atomic mass is 9.77. The molecule has 0 heterocycles. The maximum atomic E-state index is 5.45. The van der Waals surface area contributed by atoms with Crippen LogP contribution >= 0.6 is 0 Å². The fraction of sp³-hybridized carbons (Fsp3) is 0.786. The standard InChI is InChI=1S/C12H23N3.C2H6/c1-10(7-8-13)11-5-3-4-6-12(11)15-9-14-2;1-2/h7-12H,3-6,13H2,1-2H3,(H,14,15);1-2H3/b8-7+;/t10?,11-,12+;/m0./s1. The summed E-state index contributed by atoms with van der Waals surface area (Å²) in [6.45, 7) is 6.25. The second-order valence-corrected chi connectivity index (χ2v) is 4.35. The zero-order valence-electron chi connectivity index (χ0n) is 11.8. The van der Waals surface area contributed by atoms with Crippen LogP contribution in [-0.4, -0.2) is 19.4 Å². The number of hydrogen-bond donors (Lipinski definition) is 2. The molecule has 1 fully saturated rings. The zero-order chi connectivity index (χ0) is 13.1. The minimum Gasteiger partial charge on any atom is -0.405 e. The summed E-state index contributed by atoms with van der Waals surface area (Å²) in [6, 6.07) is 0.564. The Labute approximate surface area is 107 Å². The third-order valence-electron chi connectivity index (χ3n) is 3.33. The predicted molar refractivity (Wildman–Crippen MR) is 77.1 cm³/mol. The van der Waals surface area contributed by atoms with Gasteiger partial charge in [0, 0.05) is 13.1 Å². The minimum atomic E-state index is 0.554. The van der Waals surface area contributed by atoms with Crippen LogP contribution in [0.1, 0.15) is 46.5 Å². The second-order valence-electron chi connectivity index (χ2n) is 4.35. The molecule has 3 nitrogen and oxygen atoms in total. The second kappa shape index (κ2) is 10.2. The fourth-order valence-corrected chi connectivity index (χ4v) is 2.48. The van der Waals surface area contributed by atoms with Gasteiger partial charge in [-0.15, -0.1) is 0 Å². The molecular formula is C14H29N3. The van der Waals surface area contributed by atoms with Crippen LogP contribution in [0, 0.1) is 11.8 Å².